The highest BCUT2D eigenvalue weighted by molar-refractivity contribution is 5.49. The highest BCUT2D eigenvalue weighted by Crippen LogP contribution is 2.19. The Hall–Kier alpha value is -1.29. The lowest BCUT2D eigenvalue weighted by Gasteiger charge is -2.28. The van der Waals surface area contributed by atoms with Gasteiger partial charge in [0.2, 0.25) is 0 Å². The molecule has 106 valence electrons. The number of anilines is 2. The Kier molecular flexibility index (Phi) is 5.02. The van der Waals surface area contributed by atoms with Gasteiger partial charge in [0.25, 0.3) is 0 Å². The minimum absolute atomic E-state index is 0.356. The van der Waals surface area contributed by atoms with Crippen LogP contribution in [0.15, 0.2) is 18.3 Å². The Morgan fingerprint density at radius 1 is 1.37 bits per heavy atom. The maximum atomic E-state index is 5.56. The van der Waals surface area contributed by atoms with Crippen LogP contribution in [0.25, 0.3) is 0 Å². The fraction of sp³-hybridized carbons (Fsp3) is 0.667. The summed E-state index contributed by atoms with van der Waals surface area (Å²) < 4.78 is 5.56. The van der Waals surface area contributed by atoms with Gasteiger partial charge in [0.05, 0.1) is 18.0 Å². The monoisotopic (exact) mass is 263 g/mol. The second-order valence-corrected chi connectivity index (χ2v) is 5.12. The summed E-state index contributed by atoms with van der Waals surface area (Å²) in [6, 6.07) is 4.73. The van der Waals surface area contributed by atoms with Crippen LogP contribution in [0, 0.1) is 0 Å². The molecular formula is C15H25N3O. The van der Waals surface area contributed by atoms with Crippen LogP contribution in [0.2, 0.25) is 0 Å². The zero-order valence-electron chi connectivity index (χ0n) is 12.2. The fourth-order valence-electron chi connectivity index (χ4n) is 2.57. The molecule has 1 aromatic rings. The maximum absolute atomic E-state index is 5.56. The molecule has 2 atom stereocenters. The van der Waals surface area contributed by atoms with Crippen molar-refractivity contribution in [3.05, 3.63) is 18.3 Å². The van der Waals surface area contributed by atoms with Crippen LogP contribution < -0.4 is 10.2 Å². The molecule has 1 aromatic heterocycles. The summed E-state index contributed by atoms with van der Waals surface area (Å²) in [5.41, 5.74) is 1.11. The van der Waals surface area contributed by atoms with Crippen LogP contribution in [-0.2, 0) is 4.74 Å². The van der Waals surface area contributed by atoms with Gasteiger partial charge in [-0.3, -0.25) is 0 Å². The van der Waals surface area contributed by atoms with E-state index in [1.165, 1.54) is 0 Å². The minimum Gasteiger partial charge on any atom is -0.381 e. The lowest BCUT2D eigenvalue weighted by Crippen LogP contribution is -2.32. The molecule has 4 nitrogen and oxygen atoms in total. The number of nitrogens with one attached hydrogen (secondary N) is 1. The molecule has 0 amide bonds. The first-order valence-corrected chi connectivity index (χ1v) is 7.32. The summed E-state index contributed by atoms with van der Waals surface area (Å²) in [5.74, 6) is 1.05. The summed E-state index contributed by atoms with van der Waals surface area (Å²) in [5, 5.41) is 3.55. The minimum atomic E-state index is 0.356. The zero-order valence-corrected chi connectivity index (χ0v) is 12.2. The second kappa shape index (κ2) is 6.75. The number of nitrogens with zero attached hydrogens (tertiary/aromatic N) is 2. The van der Waals surface area contributed by atoms with Crippen molar-refractivity contribution in [2.75, 3.05) is 29.9 Å². The molecule has 1 aliphatic heterocycles. The molecule has 0 radical (unpaired) electrons. The molecule has 1 saturated heterocycles. The molecule has 4 heteroatoms. The van der Waals surface area contributed by atoms with Crippen molar-refractivity contribution < 1.29 is 4.74 Å². The van der Waals surface area contributed by atoms with Crippen LogP contribution in [0.3, 0.4) is 0 Å². The Balaban J connectivity index is 1.94. The average molecular weight is 263 g/mol. The van der Waals surface area contributed by atoms with Crippen molar-refractivity contribution in [3.63, 3.8) is 0 Å². The largest absolute Gasteiger partial charge is 0.381 e. The van der Waals surface area contributed by atoms with Crippen molar-refractivity contribution >= 4 is 11.5 Å². The van der Waals surface area contributed by atoms with Gasteiger partial charge in [-0.2, -0.15) is 0 Å². The van der Waals surface area contributed by atoms with Crippen LogP contribution in [0.5, 0.6) is 0 Å². The highest BCUT2D eigenvalue weighted by Gasteiger charge is 2.19. The van der Waals surface area contributed by atoms with E-state index in [1.54, 1.807) is 0 Å². The molecule has 19 heavy (non-hydrogen) atoms. The standard InChI is InChI=1S/C15H25N3O/c1-4-18(5-2)15-7-6-14(11-16-15)17-13-8-9-19-12(3)10-13/h6-7,11-13,17H,4-5,8-10H2,1-3H3. The third-order valence-electron chi connectivity index (χ3n) is 3.69. The van der Waals surface area contributed by atoms with E-state index >= 15 is 0 Å². The van der Waals surface area contributed by atoms with E-state index in [-0.39, 0.29) is 0 Å². The molecule has 0 bridgehead atoms. The van der Waals surface area contributed by atoms with E-state index < -0.39 is 0 Å². The Morgan fingerprint density at radius 3 is 2.74 bits per heavy atom. The Bertz CT molecular complexity index is 375. The topological polar surface area (TPSA) is 37.4 Å². The Labute approximate surface area is 116 Å². The molecular weight excluding hydrogens is 238 g/mol. The van der Waals surface area contributed by atoms with Crippen molar-refractivity contribution in [2.45, 2.75) is 45.8 Å². The number of pyridine rings is 1. The maximum Gasteiger partial charge on any atom is 0.128 e. The van der Waals surface area contributed by atoms with Gasteiger partial charge in [0.15, 0.2) is 0 Å². The van der Waals surface area contributed by atoms with E-state index in [0.717, 1.165) is 44.0 Å². The first kappa shape index (κ1) is 14.1. The summed E-state index contributed by atoms with van der Waals surface area (Å²) >= 11 is 0. The Morgan fingerprint density at radius 2 is 2.16 bits per heavy atom. The number of aromatic nitrogens is 1. The quantitative estimate of drug-likeness (QED) is 0.886. The lowest BCUT2D eigenvalue weighted by molar-refractivity contribution is 0.0232. The van der Waals surface area contributed by atoms with Crippen LogP contribution >= 0.6 is 0 Å². The van der Waals surface area contributed by atoms with Gasteiger partial charge in [-0.15, -0.1) is 0 Å². The zero-order chi connectivity index (χ0) is 13.7. The summed E-state index contributed by atoms with van der Waals surface area (Å²) in [4.78, 5) is 6.79. The molecule has 1 fully saturated rings. The van der Waals surface area contributed by atoms with E-state index in [1.807, 2.05) is 6.20 Å². The average Bonchev–Trinajstić information content (AvgIpc) is 2.42. The number of ether oxygens (including phenoxy) is 1. The first-order chi connectivity index (χ1) is 9.22. The summed E-state index contributed by atoms with van der Waals surface area (Å²) in [6.07, 6.45) is 4.43. The predicted octanol–water partition coefficient (Wildman–Crippen LogP) is 2.91. The van der Waals surface area contributed by atoms with E-state index in [2.05, 4.69) is 48.1 Å². The molecule has 0 saturated carbocycles. The van der Waals surface area contributed by atoms with Crippen LogP contribution in [0.4, 0.5) is 11.5 Å². The number of hydrogen-bond donors (Lipinski definition) is 1. The second-order valence-electron chi connectivity index (χ2n) is 5.12. The van der Waals surface area contributed by atoms with Gasteiger partial charge in [-0.05, 0) is 45.7 Å². The van der Waals surface area contributed by atoms with Gasteiger partial charge < -0.3 is 15.0 Å². The van der Waals surface area contributed by atoms with Gasteiger partial charge in [0.1, 0.15) is 5.82 Å². The molecule has 1 N–H and O–H groups in total. The van der Waals surface area contributed by atoms with E-state index in [4.69, 9.17) is 4.74 Å². The lowest BCUT2D eigenvalue weighted by atomic mass is 10.0. The van der Waals surface area contributed by atoms with E-state index in [0.29, 0.717) is 12.1 Å². The van der Waals surface area contributed by atoms with Gasteiger partial charge in [-0.25, -0.2) is 4.98 Å². The molecule has 0 spiro atoms. The highest BCUT2D eigenvalue weighted by atomic mass is 16.5. The van der Waals surface area contributed by atoms with Crippen LogP contribution in [0.1, 0.15) is 33.6 Å². The molecule has 2 heterocycles. The van der Waals surface area contributed by atoms with Gasteiger partial charge in [0, 0.05) is 25.7 Å². The summed E-state index contributed by atoms with van der Waals surface area (Å²) in [7, 11) is 0. The normalized spacial score (nSPS) is 23.1. The SMILES string of the molecule is CCN(CC)c1ccc(NC2CCOC(C)C2)cn1. The van der Waals surface area contributed by atoms with E-state index in [9.17, 15) is 0 Å². The number of hydrogen-bond acceptors (Lipinski definition) is 4. The molecule has 2 rings (SSSR count). The molecule has 1 aliphatic rings. The van der Waals surface area contributed by atoms with Crippen LogP contribution in [-0.4, -0.2) is 36.8 Å². The fourth-order valence-corrected chi connectivity index (χ4v) is 2.57. The third-order valence-corrected chi connectivity index (χ3v) is 3.69. The third kappa shape index (κ3) is 3.83. The predicted molar refractivity (Wildman–Crippen MR) is 79.9 cm³/mol. The van der Waals surface area contributed by atoms with Gasteiger partial charge in [-0.1, -0.05) is 0 Å². The van der Waals surface area contributed by atoms with Crippen molar-refractivity contribution in [1.29, 1.82) is 0 Å². The van der Waals surface area contributed by atoms with Gasteiger partial charge >= 0.3 is 0 Å². The smallest absolute Gasteiger partial charge is 0.128 e. The van der Waals surface area contributed by atoms with Crippen molar-refractivity contribution in [2.24, 2.45) is 0 Å². The molecule has 0 aliphatic carbocycles. The molecule has 0 aromatic carbocycles. The van der Waals surface area contributed by atoms with Crippen molar-refractivity contribution in [1.82, 2.24) is 4.98 Å². The molecule has 2 unspecified atom stereocenters. The van der Waals surface area contributed by atoms with Crippen molar-refractivity contribution in [3.8, 4) is 0 Å². The number of rotatable bonds is 5. The summed E-state index contributed by atoms with van der Waals surface area (Å²) in [6.45, 7) is 9.28. The first-order valence-electron chi connectivity index (χ1n) is 7.32.